The molecule has 1 unspecified atom stereocenters. The van der Waals surface area contributed by atoms with Crippen LogP contribution in [-0.4, -0.2) is 71.5 Å². The second-order valence-electron chi connectivity index (χ2n) is 7.56. The Balaban J connectivity index is 1.76. The van der Waals surface area contributed by atoms with Gasteiger partial charge in [-0.25, -0.2) is 0 Å². The fourth-order valence-electron chi connectivity index (χ4n) is 3.98. The first-order valence-electron chi connectivity index (χ1n) is 10.3. The predicted molar refractivity (Wildman–Crippen MR) is 115 cm³/mol. The second-order valence-corrected chi connectivity index (χ2v) is 8.70. The highest BCUT2D eigenvalue weighted by Crippen LogP contribution is 2.36. The fourth-order valence-corrected chi connectivity index (χ4v) is 5.12. The molecule has 0 aromatic carbocycles. The quantitative estimate of drug-likeness (QED) is 0.637. The highest BCUT2D eigenvalue weighted by Gasteiger charge is 2.41. The number of piperidine rings is 2. The average molecular weight is 419 g/mol. The van der Waals surface area contributed by atoms with Gasteiger partial charge < -0.3 is 20.4 Å². The molecule has 158 valence electrons. The van der Waals surface area contributed by atoms with Crippen LogP contribution in [-0.2, 0) is 14.4 Å². The van der Waals surface area contributed by atoms with Crippen molar-refractivity contribution >= 4 is 29.5 Å². The minimum atomic E-state index is -0.878. The summed E-state index contributed by atoms with van der Waals surface area (Å²) < 4.78 is 0. The van der Waals surface area contributed by atoms with Crippen LogP contribution in [0.15, 0.2) is 35.9 Å². The van der Waals surface area contributed by atoms with Crippen molar-refractivity contribution in [2.75, 3.05) is 32.7 Å². The lowest BCUT2D eigenvalue weighted by Gasteiger charge is -2.36. The van der Waals surface area contributed by atoms with Gasteiger partial charge in [0.15, 0.2) is 5.25 Å². The fraction of sp³-hybridized carbons (Fsp3) is 0.571. The summed E-state index contributed by atoms with van der Waals surface area (Å²) in [6.07, 6.45) is 7.95. The molecule has 3 aliphatic rings. The number of rotatable bonds is 6. The van der Waals surface area contributed by atoms with E-state index in [1.165, 1.54) is 16.7 Å². The standard InChI is InChI=1S/C21H30N4O3S/c1-3-16-17(4-2)29-19(20(27)24-12-6-5-7-13-24)21(28)25(16)14-18(26)23-15-8-10-22-11-9-15/h3-4,15,19,22H,1-2,5-14H2,(H,23,26). The summed E-state index contributed by atoms with van der Waals surface area (Å²) in [5, 5.41) is 5.40. The van der Waals surface area contributed by atoms with Crippen LogP contribution < -0.4 is 10.6 Å². The maximum absolute atomic E-state index is 13.2. The highest BCUT2D eigenvalue weighted by molar-refractivity contribution is 8.05. The van der Waals surface area contributed by atoms with Crippen molar-refractivity contribution in [3.8, 4) is 0 Å². The number of thioether (sulfide) groups is 1. The summed E-state index contributed by atoms with van der Waals surface area (Å²) >= 11 is 1.21. The summed E-state index contributed by atoms with van der Waals surface area (Å²) in [6, 6.07) is 0.110. The Morgan fingerprint density at radius 3 is 2.45 bits per heavy atom. The van der Waals surface area contributed by atoms with Gasteiger partial charge in [0.1, 0.15) is 6.54 Å². The molecule has 0 bridgehead atoms. The van der Waals surface area contributed by atoms with Crippen LogP contribution in [0.25, 0.3) is 0 Å². The number of carbonyl (C=O) groups is 3. The van der Waals surface area contributed by atoms with Gasteiger partial charge in [0, 0.05) is 24.0 Å². The van der Waals surface area contributed by atoms with E-state index in [1.54, 1.807) is 17.1 Å². The summed E-state index contributed by atoms with van der Waals surface area (Å²) in [5.74, 6) is -0.749. The number of carbonyl (C=O) groups excluding carboxylic acids is 3. The molecule has 0 saturated carbocycles. The zero-order valence-electron chi connectivity index (χ0n) is 16.8. The van der Waals surface area contributed by atoms with Crippen LogP contribution in [0, 0.1) is 0 Å². The van der Waals surface area contributed by atoms with Crippen molar-refractivity contribution in [3.63, 3.8) is 0 Å². The van der Waals surface area contributed by atoms with E-state index in [0.717, 1.165) is 45.2 Å². The van der Waals surface area contributed by atoms with Gasteiger partial charge in [-0.3, -0.25) is 14.4 Å². The van der Waals surface area contributed by atoms with Crippen molar-refractivity contribution in [3.05, 3.63) is 35.9 Å². The normalized spacial score (nSPS) is 23.7. The Labute approximate surface area is 176 Å². The van der Waals surface area contributed by atoms with Crippen LogP contribution in [0.4, 0.5) is 0 Å². The van der Waals surface area contributed by atoms with Crippen LogP contribution >= 0.6 is 11.8 Å². The Kier molecular flexibility index (Phi) is 7.55. The monoisotopic (exact) mass is 418 g/mol. The molecule has 3 amide bonds. The third kappa shape index (κ3) is 5.11. The van der Waals surface area contributed by atoms with E-state index in [9.17, 15) is 14.4 Å². The zero-order chi connectivity index (χ0) is 20.8. The molecular weight excluding hydrogens is 388 g/mol. The number of allylic oxidation sites excluding steroid dienone is 2. The van der Waals surface area contributed by atoms with E-state index < -0.39 is 5.25 Å². The molecule has 0 aromatic rings. The molecule has 0 aromatic heterocycles. The van der Waals surface area contributed by atoms with Gasteiger partial charge in [0.2, 0.25) is 11.8 Å². The van der Waals surface area contributed by atoms with Crippen molar-refractivity contribution in [1.82, 2.24) is 20.4 Å². The van der Waals surface area contributed by atoms with Crippen LogP contribution in [0.3, 0.4) is 0 Å². The lowest BCUT2D eigenvalue weighted by Crippen LogP contribution is -2.53. The van der Waals surface area contributed by atoms with Crippen LogP contribution in [0.5, 0.6) is 0 Å². The Hall–Kier alpha value is -2.06. The molecule has 0 radical (unpaired) electrons. The molecule has 3 rings (SSSR count). The van der Waals surface area contributed by atoms with E-state index in [4.69, 9.17) is 0 Å². The molecule has 2 N–H and O–H groups in total. The van der Waals surface area contributed by atoms with E-state index in [2.05, 4.69) is 23.8 Å². The van der Waals surface area contributed by atoms with Crippen molar-refractivity contribution in [2.24, 2.45) is 0 Å². The van der Waals surface area contributed by atoms with Gasteiger partial charge in [-0.15, -0.1) is 11.8 Å². The second kappa shape index (κ2) is 10.1. The first-order chi connectivity index (χ1) is 14.0. The number of nitrogens with zero attached hydrogens (tertiary/aromatic N) is 2. The minimum absolute atomic E-state index is 0.110. The minimum Gasteiger partial charge on any atom is -0.352 e. The zero-order valence-corrected chi connectivity index (χ0v) is 17.6. The van der Waals surface area contributed by atoms with Crippen LogP contribution in [0.2, 0.25) is 0 Å². The topological polar surface area (TPSA) is 81.8 Å². The summed E-state index contributed by atoms with van der Waals surface area (Å²) in [7, 11) is 0. The first kappa shape index (κ1) is 21.6. The molecule has 8 heteroatoms. The van der Waals surface area contributed by atoms with Gasteiger partial charge in [-0.2, -0.15) is 0 Å². The number of amides is 3. The molecular formula is C21H30N4O3S. The van der Waals surface area contributed by atoms with Crippen molar-refractivity contribution < 1.29 is 14.4 Å². The molecule has 7 nitrogen and oxygen atoms in total. The average Bonchev–Trinajstić information content (AvgIpc) is 2.75. The largest absolute Gasteiger partial charge is 0.352 e. The Morgan fingerprint density at radius 1 is 1.14 bits per heavy atom. The molecule has 3 heterocycles. The van der Waals surface area contributed by atoms with E-state index >= 15 is 0 Å². The van der Waals surface area contributed by atoms with Crippen molar-refractivity contribution in [1.29, 1.82) is 0 Å². The summed E-state index contributed by atoms with van der Waals surface area (Å²) in [5.41, 5.74) is 0.540. The van der Waals surface area contributed by atoms with E-state index in [-0.39, 0.29) is 30.3 Å². The summed E-state index contributed by atoms with van der Waals surface area (Å²) in [4.78, 5) is 42.8. The SMILES string of the molecule is C=CC1=C(C=C)N(CC(=O)NC2CCNCC2)C(=O)C(C(=O)N2CCCCC2)S1. The Morgan fingerprint density at radius 2 is 1.83 bits per heavy atom. The van der Waals surface area contributed by atoms with E-state index in [0.29, 0.717) is 23.7 Å². The predicted octanol–water partition coefficient (Wildman–Crippen LogP) is 1.39. The molecule has 2 saturated heterocycles. The summed E-state index contributed by atoms with van der Waals surface area (Å²) in [6.45, 7) is 10.6. The first-order valence-corrected chi connectivity index (χ1v) is 11.2. The molecule has 0 spiro atoms. The lowest BCUT2D eigenvalue weighted by atomic mass is 10.1. The number of hydrogen-bond donors (Lipinski definition) is 2. The molecule has 2 fully saturated rings. The van der Waals surface area contributed by atoms with Gasteiger partial charge >= 0.3 is 0 Å². The third-order valence-electron chi connectivity index (χ3n) is 5.56. The molecule has 0 aliphatic carbocycles. The number of likely N-dealkylation sites (tertiary alicyclic amines) is 1. The number of nitrogens with one attached hydrogen (secondary N) is 2. The van der Waals surface area contributed by atoms with Gasteiger partial charge in [-0.05, 0) is 51.3 Å². The molecule has 1 atom stereocenters. The highest BCUT2D eigenvalue weighted by atomic mass is 32.2. The van der Waals surface area contributed by atoms with Crippen LogP contribution in [0.1, 0.15) is 32.1 Å². The molecule has 3 aliphatic heterocycles. The van der Waals surface area contributed by atoms with Gasteiger partial charge in [-0.1, -0.05) is 19.2 Å². The van der Waals surface area contributed by atoms with E-state index in [1.807, 2.05) is 0 Å². The smallest absolute Gasteiger partial charge is 0.250 e. The number of hydrogen-bond acceptors (Lipinski definition) is 5. The third-order valence-corrected chi connectivity index (χ3v) is 6.82. The maximum atomic E-state index is 13.2. The van der Waals surface area contributed by atoms with Gasteiger partial charge in [0.25, 0.3) is 5.91 Å². The Bertz CT molecular complexity index is 709. The van der Waals surface area contributed by atoms with Gasteiger partial charge in [0.05, 0.1) is 5.70 Å². The lowest BCUT2D eigenvalue weighted by molar-refractivity contribution is -0.141. The maximum Gasteiger partial charge on any atom is 0.250 e. The van der Waals surface area contributed by atoms with Crippen molar-refractivity contribution in [2.45, 2.75) is 43.4 Å². The molecule has 29 heavy (non-hydrogen) atoms.